The summed E-state index contributed by atoms with van der Waals surface area (Å²) in [6.07, 6.45) is 1.07. The van der Waals surface area contributed by atoms with Crippen LogP contribution in [-0.2, 0) is 4.74 Å². The van der Waals surface area contributed by atoms with Crippen LogP contribution in [0.2, 0.25) is 0 Å². The predicted octanol–water partition coefficient (Wildman–Crippen LogP) is 3.59. The first-order valence-electron chi connectivity index (χ1n) is 9.61. The van der Waals surface area contributed by atoms with Crippen LogP contribution in [0, 0.1) is 0 Å². The maximum Gasteiger partial charge on any atom is 0.162 e. The minimum absolute atomic E-state index is 0.710. The number of nitrogens with zero attached hydrogens (tertiary/aromatic N) is 3. The lowest BCUT2D eigenvalue weighted by molar-refractivity contribution is 0.0378. The Bertz CT molecular complexity index is 876. The smallest absolute Gasteiger partial charge is 0.162 e. The SMILES string of the molecule is Nc1ccc(-c2nc(NCCCN3CCOCC3)cc(-c3cccs3)n2)cc1. The zero-order valence-corrected chi connectivity index (χ0v) is 16.6. The predicted molar refractivity (Wildman–Crippen MR) is 116 cm³/mol. The molecule has 0 atom stereocenters. The lowest BCUT2D eigenvalue weighted by Gasteiger charge is -2.26. The summed E-state index contributed by atoms with van der Waals surface area (Å²) in [5.74, 6) is 1.56. The molecule has 0 amide bonds. The van der Waals surface area contributed by atoms with E-state index in [9.17, 15) is 0 Å². The van der Waals surface area contributed by atoms with Crippen molar-refractivity contribution in [2.24, 2.45) is 0 Å². The third-order valence-corrected chi connectivity index (χ3v) is 5.62. The molecule has 0 radical (unpaired) electrons. The minimum atomic E-state index is 0.710. The molecule has 3 N–H and O–H groups in total. The molecular weight excluding hydrogens is 370 g/mol. The first-order valence-corrected chi connectivity index (χ1v) is 10.5. The fourth-order valence-corrected chi connectivity index (χ4v) is 3.88. The van der Waals surface area contributed by atoms with Crippen LogP contribution in [0.25, 0.3) is 22.0 Å². The van der Waals surface area contributed by atoms with Gasteiger partial charge in [-0.2, -0.15) is 0 Å². The highest BCUT2D eigenvalue weighted by atomic mass is 32.1. The van der Waals surface area contributed by atoms with E-state index in [4.69, 9.17) is 20.4 Å². The third-order valence-electron chi connectivity index (χ3n) is 4.73. The molecule has 1 aliphatic rings. The Hall–Kier alpha value is -2.48. The van der Waals surface area contributed by atoms with Gasteiger partial charge in [0.2, 0.25) is 0 Å². The molecule has 146 valence electrons. The molecule has 0 aliphatic carbocycles. The van der Waals surface area contributed by atoms with Gasteiger partial charge in [0, 0.05) is 37.0 Å². The van der Waals surface area contributed by atoms with Gasteiger partial charge in [-0.15, -0.1) is 11.3 Å². The fraction of sp³-hybridized carbons (Fsp3) is 0.333. The van der Waals surface area contributed by atoms with E-state index >= 15 is 0 Å². The van der Waals surface area contributed by atoms with Crippen LogP contribution in [-0.4, -0.2) is 54.3 Å². The second kappa shape index (κ2) is 9.14. The van der Waals surface area contributed by atoms with Gasteiger partial charge in [-0.3, -0.25) is 4.90 Å². The van der Waals surface area contributed by atoms with Gasteiger partial charge >= 0.3 is 0 Å². The molecule has 4 rings (SSSR count). The van der Waals surface area contributed by atoms with Gasteiger partial charge in [0.15, 0.2) is 5.82 Å². The van der Waals surface area contributed by atoms with E-state index in [1.54, 1.807) is 11.3 Å². The molecule has 1 saturated heterocycles. The van der Waals surface area contributed by atoms with Crippen molar-refractivity contribution in [1.82, 2.24) is 14.9 Å². The minimum Gasteiger partial charge on any atom is -0.399 e. The van der Waals surface area contributed by atoms with Gasteiger partial charge in [0.1, 0.15) is 5.82 Å². The van der Waals surface area contributed by atoms with E-state index in [0.717, 1.165) is 73.5 Å². The Kier molecular flexibility index (Phi) is 6.16. The van der Waals surface area contributed by atoms with Crippen molar-refractivity contribution in [1.29, 1.82) is 0 Å². The molecule has 0 saturated carbocycles. The van der Waals surface area contributed by atoms with Gasteiger partial charge in [-0.1, -0.05) is 6.07 Å². The Morgan fingerprint density at radius 1 is 1.11 bits per heavy atom. The maximum absolute atomic E-state index is 5.82. The number of hydrogen-bond acceptors (Lipinski definition) is 7. The first kappa shape index (κ1) is 18.9. The number of ether oxygens (including phenoxy) is 1. The Morgan fingerprint density at radius 2 is 1.93 bits per heavy atom. The summed E-state index contributed by atoms with van der Waals surface area (Å²) in [6.45, 7) is 5.68. The summed E-state index contributed by atoms with van der Waals surface area (Å²) in [5.41, 5.74) is 8.46. The molecule has 1 fully saturated rings. The van der Waals surface area contributed by atoms with Gasteiger partial charge in [-0.05, 0) is 48.7 Å². The number of morpholine rings is 1. The van der Waals surface area contributed by atoms with Crippen molar-refractivity contribution in [2.45, 2.75) is 6.42 Å². The summed E-state index contributed by atoms with van der Waals surface area (Å²) in [6, 6.07) is 13.8. The number of nitrogens with one attached hydrogen (secondary N) is 1. The normalized spacial score (nSPS) is 14.9. The van der Waals surface area contributed by atoms with E-state index < -0.39 is 0 Å². The van der Waals surface area contributed by atoms with Crippen LogP contribution in [0.1, 0.15) is 6.42 Å². The monoisotopic (exact) mass is 395 g/mol. The summed E-state index contributed by atoms with van der Waals surface area (Å²) < 4.78 is 5.41. The van der Waals surface area contributed by atoms with Crippen molar-refractivity contribution in [3.8, 4) is 22.0 Å². The van der Waals surface area contributed by atoms with E-state index in [2.05, 4.69) is 21.7 Å². The van der Waals surface area contributed by atoms with Crippen molar-refractivity contribution in [2.75, 3.05) is 50.4 Å². The number of anilines is 2. The molecule has 2 aromatic heterocycles. The summed E-state index contributed by atoms with van der Waals surface area (Å²) in [4.78, 5) is 13.1. The highest BCUT2D eigenvalue weighted by Crippen LogP contribution is 2.27. The van der Waals surface area contributed by atoms with Crippen LogP contribution in [0.3, 0.4) is 0 Å². The quantitative estimate of drug-likeness (QED) is 0.470. The van der Waals surface area contributed by atoms with Crippen molar-refractivity contribution < 1.29 is 4.74 Å². The van der Waals surface area contributed by atoms with E-state index in [1.165, 1.54) is 0 Å². The molecule has 0 bridgehead atoms. The molecule has 1 aromatic carbocycles. The average molecular weight is 396 g/mol. The van der Waals surface area contributed by atoms with E-state index in [0.29, 0.717) is 5.82 Å². The zero-order chi connectivity index (χ0) is 19.2. The highest BCUT2D eigenvalue weighted by Gasteiger charge is 2.11. The second-order valence-electron chi connectivity index (χ2n) is 6.80. The molecule has 6 nitrogen and oxygen atoms in total. The topological polar surface area (TPSA) is 76.3 Å². The second-order valence-corrected chi connectivity index (χ2v) is 7.74. The number of nitrogen functional groups attached to an aromatic ring is 1. The van der Waals surface area contributed by atoms with Crippen molar-refractivity contribution in [3.63, 3.8) is 0 Å². The Labute approximate surface area is 169 Å². The molecule has 0 spiro atoms. The average Bonchev–Trinajstić information content (AvgIpc) is 3.27. The summed E-state index contributed by atoms with van der Waals surface area (Å²) in [5, 5.41) is 5.54. The Morgan fingerprint density at radius 3 is 2.68 bits per heavy atom. The van der Waals surface area contributed by atoms with Gasteiger partial charge in [0.05, 0.1) is 23.8 Å². The van der Waals surface area contributed by atoms with Crippen LogP contribution in [0.5, 0.6) is 0 Å². The lowest BCUT2D eigenvalue weighted by Crippen LogP contribution is -2.37. The van der Waals surface area contributed by atoms with Gasteiger partial charge in [0.25, 0.3) is 0 Å². The summed E-state index contributed by atoms with van der Waals surface area (Å²) >= 11 is 1.68. The molecular formula is C21H25N5OS. The zero-order valence-electron chi connectivity index (χ0n) is 15.8. The maximum atomic E-state index is 5.82. The number of nitrogens with two attached hydrogens (primary N) is 1. The van der Waals surface area contributed by atoms with Crippen LogP contribution < -0.4 is 11.1 Å². The molecule has 3 aromatic rings. The lowest BCUT2D eigenvalue weighted by atomic mass is 10.2. The molecule has 3 heterocycles. The number of hydrogen-bond donors (Lipinski definition) is 2. The number of thiophene rings is 1. The molecule has 28 heavy (non-hydrogen) atoms. The number of rotatable bonds is 7. The van der Waals surface area contributed by atoms with Crippen molar-refractivity contribution >= 4 is 22.8 Å². The van der Waals surface area contributed by atoms with E-state index in [-0.39, 0.29) is 0 Å². The van der Waals surface area contributed by atoms with E-state index in [1.807, 2.05) is 36.4 Å². The number of aromatic nitrogens is 2. The van der Waals surface area contributed by atoms with Crippen LogP contribution in [0.4, 0.5) is 11.5 Å². The molecule has 7 heteroatoms. The largest absolute Gasteiger partial charge is 0.399 e. The standard InChI is InChI=1S/C21H25N5OS/c22-17-6-4-16(5-7-17)21-24-18(19-3-1-14-28-19)15-20(25-21)23-8-2-9-26-10-12-27-13-11-26/h1,3-7,14-15H,2,8-13,22H2,(H,23,24,25). The summed E-state index contributed by atoms with van der Waals surface area (Å²) in [7, 11) is 0. The van der Waals surface area contributed by atoms with Crippen LogP contribution >= 0.6 is 11.3 Å². The van der Waals surface area contributed by atoms with Crippen molar-refractivity contribution in [3.05, 3.63) is 47.8 Å². The third kappa shape index (κ3) is 4.86. The molecule has 0 unspecified atom stereocenters. The fourth-order valence-electron chi connectivity index (χ4n) is 3.19. The van der Waals surface area contributed by atoms with Gasteiger partial charge in [-0.25, -0.2) is 9.97 Å². The molecule has 1 aliphatic heterocycles. The highest BCUT2D eigenvalue weighted by molar-refractivity contribution is 7.13. The Balaban J connectivity index is 1.48. The first-order chi connectivity index (χ1) is 13.8. The number of benzene rings is 1. The van der Waals surface area contributed by atoms with Crippen LogP contribution in [0.15, 0.2) is 47.8 Å². The van der Waals surface area contributed by atoms with Gasteiger partial charge < -0.3 is 15.8 Å².